The van der Waals surface area contributed by atoms with Crippen molar-refractivity contribution in [1.82, 2.24) is 15.4 Å². The molecule has 0 saturated carbocycles. The molecule has 0 fully saturated rings. The first kappa shape index (κ1) is 24.2. The van der Waals surface area contributed by atoms with Crippen LogP contribution in [-0.2, 0) is 16.6 Å². The highest BCUT2D eigenvalue weighted by Gasteiger charge is 2.22. The molecule has 0 spiro atoms. The van der Waals surface area contributed by atoms with E-state index < -0.39 is 15.6 Å². The largest absolute Gasteiger partial charge is 0.488 e. The zero-order valence-electron chi connectivity index (χ0n) is 18.4. The van der Waals surface area contributed by atoms with Crippen molar-refractivity contribution in [2.24, 2.45) is 4.99 Å². The number of rotatable bonds is 8. The average Bonchev–Trinajstić information content (AvgIpc) is 2.47. The Labute approximate surface area is 170 Å². The fraction of sp³-hybridized carbons (Fsp3) is 0.650. The van der Waals surface area contributed by atoms with Gasteiger partial charge in [0.1, 0.15) is 11.4 Å². The number of hydrogen-bond donors (Lipinski definition) is 3. The minimum atomic E-state index is -3.29. The van der Waals surface area contributed by atoms with Crippen molar-refractivity contribution in [1.29, 1.82) is 0 Å². The van der Waals surface area contributed by atoms with E-state index in [-0.39, 0.29) is 5.60 Å². The van der Waals surface area contributed by atoms with Crippen LogP contribution in [-0.4, -0.2) is 44.9 Å². The molecule has 0 amide bonds. The lowest BCUT2D eigenvalue weighted by Gasteiger charge is -2.26. The first-order valence-corrected chi connectivity index (χ1v) is 11.4. The molecule has 0 saturated heterocycles. The second kappa shape index (κ2) is 9.60. The number of nitrogens with one attached hydrogen (secondary N) is 3. The molecule has 0 atom stereocenters. The molecule has 160 valence electrons. The van der Waals surface area contributed by atoms with Crippen molar-refractivity contribution in [3.8, 4) is 5.75 Å². The molecule has 1 aromatic carbocycles. The number of hydrogen-bond acceptors (Lipinski definition) is 4. The van der Waals surface area contributed by atoms with Crippen molar-refractivity contribution in [2.45, 2.75) is 66.2 Å². The quantitative estimate of drug-likeness (QED) is 0.451. The van der Waals surface area contributed by atoms with Gasteiger partial charge in [0.15, 0.2) is 5.96 Å². The topological polar surface area (TPSA) is 91.8 Å². The summed E-state index contributed by atoms with van der Waals surface area (Å²) < 4.78 is 31.7. The van der Waals surface area contributed by atoms with Crippen molar-refractivity contribution in [3.05, 3.63) is 29.3 Å². The summed E-state index contributed by atoms with van der Waals surface area (Å²) in [6.45, 7) is 15.2. The molecule has 0 radical (unpaired) electrons. The van der Waals surface area contributed by atoms with Crippen LogP contribution in [0.25, 0.3) is 0 Å². The highest BCUT2D eigenvalue weighted by atomic mass is 32.2. The van der Waals surface area contributed by atoms with E-state index in [0.717, 1.165) is 23.1 Å². The Morgan fingerprint density at radius 1 is 1.14 bits per heavy atom. The maximum atomic E-state index is 11.5. The SMILES string of the molecule is CCNC(=NCc1ccc(C)cc1OC(C)(C)C)NCC(C)(C)NS(C)(=O)=O. The maximum absolute atomic E-state index is 11.5. The van der Waals surface area contributed by atoms with Gasteiger partial charge in [0.05, 0.1) is 12.8 Å². The monoisotopic (exact) mass is 412 g/mol. The van der Waals surface area contributed by atoms with Gasteiger partial charge in [0.25, 0.3) is 0 Å². The van der Waals surface area contributed by atoms with Gasteiger partial charge in [-0.25, -0.2) is 18.1 Å². The third kappa shape index (κ3) is 9.94. The van der Waals surface area contributed by atoms with Gasteiger partial charge in [0, 0.05) is 24.2 Å². The number of nitrogens with zero attached hydrogens (tertiary/aromatic N) is 1. The van der Waals surface area contributed by atoms with Crippen LogP contribution in [0.4, 0.5) is 0 Å². The standard InChI is InChI=1S/C20H36N4O3S/c1-9-21-18(23-14-20(6,7)24-28(8,25)26)22-13-16-11-10-15(2)12-17(16)27-19(3,4)5/h10-12,24H,9,13-14H2,1-8H3,(H2,21,22,23). The van der Waals surface area contributed by atoms with Crippen molar-refractivity contribution in [2.75, 3.05) is 19.3 Å². The molecule has 7 nitrogen and oxygen atoms in total. The van der Waals surface area contributed by atoms with Crippen molar-refractivity contribution in [3.63, 3.8) is 0 Å². The van der Waals surface area contributed by atoms with Crippen LogP contribution in [0.1, 0.15) is 52.7 Å². The van der Waals surface area contributed by atoms with Gasteiger partial charge >= 0.3 is 0 Å². The van der Waals surface area contributed by atoms with Crippen LogP contribution < -0.4 is 20.1 Å². The van der Waals surface area contributed by atoms with Crippen LogP contribution in [0.5, 0.6) is 5.75 Å². The number of aliphatic imine (C=N–C) groups is 1. The van der Waals surface area contributed by atoms with Crippen LogP contribution >= 0.6 is 0 Å². The lowest BCUT2D eigenvalue weighted by Crippen LogP contribution is -2.53. The summed E-state index contributed by atoms with van der Waals surface area (Å²) in [6.07, 6.45) is 1.15. The molecule has 0 aliphatic rings. The Morgan fingerprint density at radius 3 is 2.32 bits per heavy atom. The summed E-state index contributed by atoms with van der Waals surface area (Å²) in [5.74, 6) is 1.44. The molecule has 8 heteroatoms. The number of benzene rings is 1. The summed E-state index contributed by atoms with van der Waals surface area (Å²) in [5, 5.41) is 6.39. The van der Waals surface area contributed by atoms with Crippen molar-refractivity contribution < 1.29 is 13.2 Å². The summed E-state index contributed by atoms with van der Waals surface area (Å²) in [7, 11) is -3.29. The average molecular weight is 413 g/mol. The van der Waals surface area contributed by atoms with E-state index in [0.29, 0.717) is 25.6 Å². The Morgan fingerprint density at radius 2 is 1.79 bits per heavy atom. The Kier molecular flexibility index (Phi) is 8.31. The van der Waals surface area contributed by atoms with E-state index in [9.17, 15) is 8.42 Å². The zero-order chi connectivity index (χ0) is 21.6. The zero-order valence-corrected chi connectivity index (χ0v) is 19.3. The normalized spacial score (nSPS) is 13.4. The van der Waals surface area contributed by atoms with E-state index in [1.165, 1.54) is 0 Å². The molecular weight excluding hydrogens is 376 g/mol. The lowest BCUT2D eigenvalue weighted by atomic mass is 10.1. The predicted octanol–water partition coefficient (Wildman–Crippen LogP) is 2.56. The Hall–Kier alpha value is -1.80. The fourth-order valence-corrected chi connectivity index (χ4v) is 3.64. The Balaban J connectivity index is 2.93. The fourth-order valence-electron chi connectivity index (χ4n) is 2.57. The number of ether oxygens (including phenoxy) is 1. The smallest absolute Gasteiger partial charge is 0.209 e. The summed E-state index contributed by atoms with van der Waals surface area (Å²) in [4.78, 5) is 4.64. The molecule has 28 heavy (non-hydrogen) atoms. The molecule has 0 aliphatic carbocycles. The van der Waals surface area contributed by atoms with Gasteiger partial charge in [0.2, 0.25) is 10.0 Å². The van der Waals surface area contributed by atoms with E-state index in [1.54, 1.807) is 0 Å². The van der Waals surface area contributed by atoms with E-state index in [1.807, 2.05) is 66.7 Å². The number of guanidine groups is 1. The third-order valence-corrected chi connectivity index (χ3v) is 4.47. The summed E-state index contributed by atoms with van der Waals surface area (Å²) in [5.41, 5.74) is 1.18. The Bertz CT molecular complexity index is 781. The molecule has 0 aromatic heterocycles. The van der Waals surface area contributed by atoms with E-state index in [2.05, 4.69) is 20.3 Å². The second-order valence-corrected chi connectivity index (χ2v) is 10.4. The summed E-state index contributed by atoms with van der Waals surface area (Å²) >= 11 is 0. The van der Waals surface area contributed by atoms with Crippen LogP contribution in [0, 0.1) is 6.92 Å². The molecule has 0 aliphatic heterocycles. The summed E-state index contributed by atoms with van der Waals surface area (Å²) in [6, 6.07) is 6.09. The van der Waals surface area contributed by atoms with Gasteiger partial charge in [-0.15, -0.1) is 0 Å². The van der Waals surface area contributed by atoms with Crippen molar-refractivity contribution >= 4 is 16.0 Å². The molecule has 0 bridgehead atoms. The maximum Gasteiger partial charge on any atom is 0.209 e. The second-order valence-electron chi connectivity index (χ2n) is 8.63. The molecule has 1 rings (SSSR count). The highest BCUT2D eigenvalue weighted by molar-refractivity contribution is 7.88. The van der Waals surface area contributed by atoms with Gasteiger partial charge < -0.3 is 15.4 Å². The van der Waals surface area contributed by atoms with E-state index >= 15 is 0 Å². The molecular formula is C20H36N4O3S. The van der Waals surface area contributed by atoms with Crippen LogP contribution in [0.2, 0.25) is 0 Å². The van der Waals surface area contributed by atoms with Gasteiger partial charge in [-0.2, -0.15) is 0 Å². The lowest BCUT2D eigenvalue weighted by molar-refractivity contribution is 0.129. The predicted molar refractivity (Wildman–Crippen MR) is 116 cm³/mol. The molecule has 3 N–H and O–H groups in total. The highest BCUT2D eigenvalue weighted by Crippen LogP contribution is 2.25. The first-order valence-electron chi connectivity index (χ1n) is 9.50. The minimum Gasteiger partial charge on any atom is -0.488 e. The van der Waals surface area contributed by atoms with Crippen LogP contribution in [0.3, 0.4) is 0 Å². The number of sulfonamides is 1. The minimum absolute atomic E-state index is 0.295. The third-order valence-electron chi connectivity index (χ3n) is 3.55. The first-order chi connectivity index (χ1) is 12.7. The van der Waals surface area contributed by atoms with Gasteiger partial charge in [-0.3, -0.25) is 0 Å². The van der Waals surface area contributed by atoms with E-state index in [4.69, 9.17) is 4.74 Å². The van der Waals surface area contributed by atoms with Gasteiger partial charge in [-0.05, 0) is 60.1 Å². The molecule has 1 aromatic rings. The molecule has 0 heterocycles. The van der Waals surface area contributed by atoms with Crippen LogP contribution in [0.15, 0.2) is 23.2 Å². The van der Waals surface area contributed by atoms with Gasteiger partial charge in [-0.1, -0.05) is 12.1 Å². The molecule has 0 unspecified atom stereocenters. The number of aryl methyl sites for hydroxylation is 1.